The molecular weight excluding hydrogens is 400 g/mol. The molecule has 0 unspecified atom stereocenters. The van der Waals surface area contributed by atoms with Crippen molar-refractivity contribution >= 4 is 22.6 Å². The normalized spacial score (nSPS) is 10.8. The largest absolute Gasteiger partial charge is 0.382 e. The summed E-state index contributed by atoms with van der Waals surface area (Å²) in [7, 11) is 0. The average Bonchev–Trinajstić information content (AvgIpc) is 3.38. The predicted molar refractivity (Wildman–Crippen MR) is 125 cm³/mol. The van der Waals surface area contributed by atoms with Gasteiger partial charge in [-0.15, -0.1) is 0 Å². The van der Waals surface area contributed by atoms with Gasteiger partial charge in [0.1, 0.15) is 17.5 Å². The first-order valence-corrected chi connectivity index (χ1v) is 10.8. The molecule has 0 radical (unpaired) electrons. The lowest BCUT2D eigenvalue weighted by Crippen LogP contribution is -2.24. The van der Waals surface area contributed by atoms with Crippen LogP contribution in [0, 0.1) is 11.3 Å². The minimum atomic E-state index is 0.0414. The van der Waals surface area contributed by atoms with Crippen LogP contribution in [0.4, 0.5) is 5.82 Å². The number of nitrogen functional groups attached to an aromatic ring is 1. The molecule has 2 aromatic carbocycles. The SMILES string of the molecule is N#Cc1c(CCCNC(=O)CCCc2c[nH]c3ccccc23)nn(-c2ccccc2)c1N. The third-order valence-corrected chi connectivity index (χ3v) is 5.54. The summed E-state index contributed by atoms with van der Waals surface area (Å²) in [6.45, 7) is 0.537. The summed E-state index contributed by atoms with van der Waals surface area (Å²) in [5.74, 6) is 0.384. The second-order valence-corrected chi connectivity index (χ2v) is 7.73. The molecule has 0 aliphatic rings. The molecule has 162 valence electrons. The highest BCUT2D eigenvalue weighted by Gasteiger charge is 2.16. The number of carbonyl (C=O) groups excluding carboxylic acids is 1. The van der Waals surface area contributed by atoms with E-state index in [0.29, 0.717) is 42.9 Å². The number of nitrogens with two attached hydrogens (primary N) is 1. The van der Waals surface area contributed by atoms with Crippen LogP contribution >= 0.6 is 0 Å². The number of hydrogen-bond donors (Lipinski definition) is 3. The number of nitriles is 1. The Morgan fingerprint density at radius 1 is 1.09 bits per heavy atom. The van der Waals surface area contributed by atoms with E-state index in [2.05, 4.69) is 33.6 Å². The number of nitrogens with zero attached hydrogens (tertiary/aromatic N) is 3. The van der Waals surface area contributed by atoms with Crippen LogP contribution in [0.5, 0.6) is 0 Å². The van der Waals surface area contributed by atoms with Gasteiger partial charge in [-0.1, -0.05) is 36.4 Å². The molecule has 0 saturated carbocycles. The van der Waals surface area contributed by atoms with Gasteiger partial charge in [-0.2, -0.15) is 10.4 Å². The summed E-state index contributed by atoms with van der Waals surface area (Å²) in [4.78, 5) is 15.5. The van der Waals surface area contributed by atoms with E-state index in [1.807, 2.05) is 48.7 Å². The summed E-state index contributed by atoms with van der Waals surface area (Å²) in [5, 5.41) is 18.2. The molecule has 2 heterocycles. The molecular formula is C25H26N6O. The second-order valence-electron chi connectivity index (χ2n) is 7.73. The molecule has 32 heavy (non-hydrogen) atoms. The van der Waals surface area contributed by atoms with E-state index in [4.69, 9.17) is 5.73 Å². The first-order valence-electron chi connectivity index (χ1n) is 10.8. The zero-order chi connectivity index (χ0) is 22.3. The fourth-order valence-electron chi connectivity index (χ4n) is 3.89. The third-order valence-electron chi connectivity index (χ3n) is 5.54. The number of H-pyrrole nitrogens is 1. The number of amides is 1. The molecule has 7 nitrogen and oxygen atoms in total. The number of nitrogens with one attached hydrogen (secondary N) is 2. The molecule has 0 atom stereocenters. The van der Waals surface area contributed by atoms with Gasteiger partial charge in [-0.05, 0) is 49.4 Å². The zero-order valence-electron chi connectivity index (χ0n) is 17.8. The van der Waals surface area contributed by atoms with Crippen molar-refractivity contribution in [2.24, 2.45) is 0 Å². The Morgan fingerprint density at radius 2 is 1.88 bits per heavy atom. The molecule has 4 rings (SSSR count). The van der Waals surface area contributed by atoms with Gasteiger partial charge in [-0.3, -0.25) is 4.79 Å². The lowest BCUT2D eigenvalue weighted by Gasteiger charge is -2.05. The van der Waals surface area contributed by atoms with Gasteiger partial charge < -0.3 is 16.0 Å². The highest BCUT2D eigenvalue weighted by atomic mass is 16.1. The molecule has 0 aliphatic heterocycles. The number of aromatic amines is 1. The van der Waals surface area contributed by atoms with Crippen molar-refractivity contribution in [2.45, 2.75) is 32.1 Å². The van der Waals surface area contributed by atoms with E-state index >= 15 is 0 Å². The maximum atomic E-state index is 12.2. The Morgan fingerprint density at radius 3 is 2.69 bits per heavy atom. The highest BCUT2D eigenvalue weighted by Crippen LogP contribution is 2.21. The summed E-state index contributed by atoms with van der Waals surface area (Å²) in [6.07, 6.45) is 5.42. The Kier molecular flexibility index (Phi) is 6.52. The molecule has 0 saturated heterocycles. The minimum absolute atomic E-state index is 0.0414. The Balaban J connectivity index is 1.24. The van der Waals surface area contributed by atoms with E-state index in [0.717, 1.165) is 24.0 Å². The van der Waals surface area contributed by atoms with Gasteiger partial charge in [0.05, 0.1) is 11.4 Å². The van der Waals surface area contributed by atoms with Gasteiger partial charge in [0.2, 0.25) is 5.91 Å². The number of aromatic nitrogens is 3. The van der Waals surface area contributed by atoms with E-state index in [-0.39, 0.29) is 5.91 Å². The number of anilines is 1. The maximum Gasteiger partial charge on any atom is 0.220 e. The quantitative estimate of drug-likeness (QED) is 0.353. The molecule has 0 bridgehead atoms. The number of hydrogen-bond acceptors (Lipinski definition) is 4. The molecule has 7 heteroatoms. The monoisotopic (exact) mass is 426 g/mol. The van der Waals surface area contributed by atoms with Crippen molar-refractivity contribution < 1.29 is 4.79 Å². The van der Waals surface area contributed by atoms with Crippen LogP contribution in [-0.4, -0.2) is 27.2 Å². The van der Waals surface area contributed by atoms with Gasteiger partial charge in [-0.25, -0.2) is 4.68 Å². The number of fused-ring (bicyclic) bond motifs is 1. The second kappa shape index (κ2) is 9.84. The first-order chi connectivity index (χ1) is 15.7. The summed E-state index contributed by atoms with van der Waals surface area (Å²) >= 11 is 0. The molecule has 0 fully saturated rings. The summed E-state index contributed by atoms with van der Waals surface area (Å²) in [5.41, 5.74) is 10.4. The zero-order valence-corrected chi connectivity index (χ0v) is 17.8. The number of benzene rings is 2. The predicted octanol–water partition coefficient (Wildman–Crippen LogP) is 3.88. The first kappa shape index (κ1) is 21.2. The summed E-state index contributed by atoms with van der Waals surface area (Å²) in [6, 6.07) is 19.9. The lowest BCUT2D eigenvalue weighted by atomic mass is 10.1. The standard InChI is InChI=1S/C25H26N6O/c26-16-21-23(30-31(25(21)27)19-9-2-1-3-10-19)13-7-15-28-24(32)14-6-8-18-17-29-22-12-5-4-11-20(18)22/h1-5,9-12,17,29H,6-8,13-15,27H2,(H,28,32). The molecule has 1 amide bonds. The van der Waals surface area contributed by atoms with Crippen molar-refractivity contribution in [3.63, 3.8) is 0 Å². The third kappa shape index (κ3) is 4.65. The van der Waals surface area contributed by atoms with Crippen LogP contribution in [0.3, 0.4) is 0 Å². The van der Waals surface area contributed by atoms with Crippen LogP contribution in [0.15, 0.2) is 60.8 Å². The molecule has 2 aromatic heterocycles. The fourth-order valence-corrected chi connectivity index (χ4v) is 3.89. The van der Waals surface area contributed by atoms with Crippen LogP contribution in [0.1, 0.15) is 36.1 Å². The Hall–Kier alpha value is -4.05. The van der Waals surface area contributed by atoms with Gasteiger partial charge >= 0.3 is 0 Å². The van der Waals surface area contributed by atoms with Gasteiger partial charge in [0, 0.05) is 30.1 Å². The van der Waals surface area contributed by atoms with Crippen LogP contribution in [0.25, 0.3) is 16.6 Å². The number of rotatable bonds is 9. The number of aryl methyl sites for hydroxylation is 2. The Bertz CT molecular complexity index is 1250. The van der Waals surface area contributed by atoms with Crippen molar-refractivity contribution in [3.8, 4) is 11.8 Å². The van der Waals surface area contributed by atoms with E-state index in [9.17, 15) is 10.1 Å². The van der Waals surface area contributed by atoms with Gasteiger partial charge in [0.15, 0.2) is 0 Å². The van der Waals surface area contributed by atoms with Crippen molar-refractivity contribution in [1.82, 2.24) is 20.1 Å². The minimum Gasteiger partial charge on any atom is -0.382 e. The van der Waals surface area contributed by atoms with Crippen LogP contribution in [0.2, 0.25) is 0 Å². The average molecular weight is 427 g/mol. The smallest absolute Gasteiger partial charge is 0.220 e. The van der Waals surface area contributed by atoms with E-state index in [1.54, 1.807) is 4.68 Å². The molecule has 0 spiro atoms. The lowest BCUT2D eigenvalue weighted by molar-refractivity contribution is -0.121. The van der Waals surface area contributed by atoms with E-state index in [1.165, 1.54) is 10.9 Å². The Labute approximate surface area is 186 Å². The number of carbonyl (C=O) groups is 1. The maximum absolute atomic E-state index is 12.2. The van der Waals surface area contributed by atoms with Crippen molar-refractivity contribution in [1.29, 1.82) is 5.26 Å². The number of para-hydroxylation sites is 2. The van der Waals surface area contributed by atoms with Gasteiger partial charge in [0.25, 0.3) is 0 Å². The topological polar surface area (TPSA) is 113 Å². The molecule has 0 aliphatic carbocycles. The fraction of sp³-hybridized carbons (Fsp3) is 0.240. The van der Waals surface area contributed by atoms with Crippen molar-refractivity contribution in [2.75, 3.05) is 12.3 Å². The van der Waals surface area contributed by atoms with Crippen molar-refractivity contribution in [3.05, 3.63) is 77.6 Å². The van der Waals surface area contributed by atoms with E-state index < -0.39 is 0 Å². The molecule has 4 N–H and O–H groups in total. The van der Waals surface area contributed by atoms with Crippen LogP contribution < -0.4 is 11.1 Å². The molecule has 4 aromatic rings. The van der Waals surface area contributed by atoms with Crippen LogP contribution in [-0.2, 0) is 17.6 Å². The summed E-state index contributed by atoms with van der Waals surface area (Å²) < 4.78 is 1.59. The highest BCUT2D eigenvalue weighted by molar-refractivity contribution is 5.83.